The molecule has 0 bridgehead atoms. The Balaban J connectivity index is 1.49. The molecule has 4 heteroatoms. The second-order valence-electron chi connectivity index (χ2n) is 5.65. The molecule has 0 N–H and O–H groups in total. The fourth-order valence-corrected chi connectivity index (χ4v) is 3.44. The molecule has 3 aromatic rings. The molecule has 26 heavy (non-hydrogen) atoms. The molecule has 3 rings (SSSR count). The first-order valence-corrected chi connectivity index (χ1v) is 9.87. The fourth-order valence-electron chi connectivity index (χ4n) is 2.33. The van der Waals surface area contributed by atoms with Crippen LogP contribution in [-0.4, -0.2) is 0 Å². The summed E-state index contributed by atoms with van der Waals surface area (Å²) in [7, 11) is 0. The Morgan fingerprint density at radius 3 is 2.46 bits per heavy atom. The Labute approximate surface area is 168 Å². The highest BCUT2D eigenvalue weighted by Crippen LogP contribution is 2.23. The Kier molecular flexibility index (Phi) is 6.96. The molecule has 0 atom stereocenters. The zero-order valence-corrected chi connectivity index (χ0v) is 16.4. The molecule has 132 valence electrons. The van der Waals surface area contributed by atoms with Gasteiger partial charge in [-0.2, -0.15) is 0 Å². The van der Waals surface area contributed by atoms with Crippen LogP contribution in [0.4, 0.5) is 0 Å². The predicted molar refractivity (Wildman–Crippen MR) is 114 cm³/mol. The van der Waals surface area contributed by atoms with Crippen LogP contribution in [0.1, 0.15) is 22.4 Å². The molecular formula is C22H18Cl2OS. The lowest BCUT2D eigenvalue weighted by molar-refractivity contribution is 0.306. The first-order chi connectivity index (χ1) is 12.7. The minimum atomic E-state index is 0.415. The van der Waals surface area contributed by atoms with Crippen LogP contribution in [0.15, 0.2) is 72.1 Å². The molecule has 1 nitrogen and oxygen atoms in total. The number of thiophene rings is 1. The van der Waals surface area contributed by atoms with Gasteiger partial charge in [0.05, 0.1) is 0 Å². The fraction of sp³-hybridized carbons (Fsp3) is 0.0909. The molecule has 0 unspecified atom stereocenters. The monoisotopic (exact) mass is 400 g/mol. The number of hydrogen-bond acceptors (Lipinski definition) is 2. The van der Waals surface area contributed by atoms with Crippen LogP contribution in [0, 0.1) is 0 Å². The number of ether oxygens (including phenoxy) is 1. The average molecular weight is 401 g/mol. The van der Waals surface area contributed by atoms with E-state index in [1.165, 1.54) is 4.88 Å². The molecule has 0 aliphatic heterocycles. The van der Waals surface area contributed by atoms with Crippen LogP contribution in [0.25, 0.3) is 12.2 Å². The summed E-state index contributed by atoms with van der Waals surface area (Å²) in [6.07, 6.45) is 9.47. The molecule has 0 saturated carbocycles. The van der Waals surface area contributed by atoms with Gasteiger partial charge in [0.25, 0.3) is 0 Å². The molecule has 0 aliphatic rings. The molecule has 1 aromatic heterocycles. The van der Waals surface area contributed by atoms with E-state index in [9.17, 15) is 0 Å². The van der Waals surface area contributed by atoms with Crippen LogP contribution >= 0.6 is 34.5 Å². The smallest absolute Gasteiger partial charge is 0.119 e. The summed E-state index contributed by atoms with van der Waals surface area (Å²) in [5, 5.41) is 3.33. The average Bonchev–Trinajstić information content (AvgIpc) is 3.15. The van der Waals surface area contributed by atoms with Crippen molar-refractivity contribution in [1.82, 2.24) is 0 Å². The zero-order valence-electron chi connectivity index (χ0n) is 14.1. The van der Waals surface area contributed by atoms with Gasteiger partial charge in [0.2, 0.25) is 0 Å². The second kappa shape index (κ2) is 9.63. The summed E-state index contributed by atoms with van der Waals surface area (Å²) in [5.74, 6) is 0.811. The normalized spacial score (nSPS) is 11.5. The van der Waals surface area contributed by atoms with Crippen LogP contribution in [0.3, 0.4) is 0 Å². The van der Waals surface area contributed by atoms with Crippen molar-refractivity contribution in [3.63, 3.8) is 0 Å². The third-order valence-corrected chi connectivity index (χ3v) is 5.12. The highest BCUT2D eigenvalue weighted by atomic mass is 35.5. The summed E-state index contributed by atoms with van der Waals surface area (Å²) < 4.78 is 5.79. The maximum Gasteiger partial charge on any atom is 0.119 e. The van der Waals surface area contributed by atoms with Gasteiger partial charge in [-0.3, -0.25) is 0 Å². The van der Waals surface area contributed by atoms with E-state index in [0.717, 1.165) is 23.3 Å². The number of halogens is 2. The van der Waals surface area contributed by atoms with Gasteiger partial charge in [-0.1, -0.05) is 65.7 Å². The number of hydrogen-bond donors (Lipinski definition) is 0. The van der Waals surface area contributed by atoms with E-state index >= 15 is 0 Å². The minimum Gasteiger partial charge on any atom is -0.489 e. The summed E-state index contributed by atoms with van der Waals surface area (Å²) in [6, 6.07) is 17.6. The zero-order chi connectivity index (χ0) is 18.2. The van der Waals surface area contributed by atoms with E-state index in [4.69, 9.17) is 27.9 Å². The van der Waals surface area contributed by atoms with Crippen LogP contribution < -0.4 is 4.74 Å². The van der Waals surface area contributed by atoms with E-state index in [0.29, 0.717) is 16.7 Å². The van der Waals surface area contributed by atoms with Crippen molar-refractivity contribution < 1.29 is 4.74 Å². The van der Waals surface area contributed by atoms with E-state index in [1.807, 2.05) is 36.4 Å². The van der Waals surface area contributed by atoms with Crippen LogP contribution in [0.5, 0.6) is 5.75 Å². The summed E-state index contributed by atoms with van der Waals surface area (Å²) in [4.78, 5) is 1.28. The van der Waals surface area contributed by atoms with Crippen molar-refractivity contribution in [2.45, 2.75) is 13.0 Å². The second-order valence-corrected chi connectivity index (χ2v) is 7.47. The lowest BCUT2D eigenvalue weighted by Gasteiger charge is -2.08. The van der Waals surface area contributed by atoms with Crippen molar-refractivity contribution in [1.29, 1.82) is 0 Å². The third-order valence-electron chi connectivity index (χ3n) is 3.70. The predicted octanol–water partition coefficient (Wildman–Crippen LogP) is 7.75. The summed E-state index contributed by atoms with van der Waals surface area (Å²) in [6.45, 7) is 0.415. The molecule has 1 heterocycles. The summed E-state index contributed by atoms with van der Waals surface area (Å²) in [5.41, 5.74) is 2.06. The van der Waals surface area contributed by atoms with Crippen molar-refractivity contribution in [2.75, 3.05) is 0 Å². The van der Waals surface area contributed by atoms with Crippen LogP contribution in [0.2, 0.25) is 10.0 Å². The molecule has 0 fully saturated rings. The highest BCUT2D eigenvalue weighted by molar-refractivity contribution is 7.10. The van der Waals surface area contributed by atoms with Gasteiger partial charge in [-0.05, 0) is 53.8 Å². The van der Waals surface area contributed by atoms with E-state index < -0.39 is 0 Å². The van der Waals surface area contributed by atoms with Gasteiger partial charge in [0.15, 0.2) is 0 Å². The summed E-state index contributed by atoms with van der Waals surface area (Å²) >= 11 is 13.8. The molecule has 0 saturated heterocycles. The molecule has 2 aromatic carbocycles. The number of rotatable bonds is 7. The van der Waals surface area contributed by atoms with Gasteiger partial charge in [-0.25, -0.2) is 0 Å². The van der Waals surface area contributed by atoms with E-state index in [-0.39, 0.29) is 0 Å². The number of benzene rings is 2. The Morgan fingerprint density at radius 2 is 1.73 bits per heavy atom. The first kappa shape index (κ1) is 18.8. The van der Waals surface area contributed by atoms with Gasteiger partial charge in [-0.15, -0.1) is 11.3 Å². The Morgan fingerprint density at radius 1 is 0.923 bits per heavy atom. The van der Waals surface area contributed by atoms with Crippen molar-refractivity contribution in [3.8, 4) is 5.75 Å². The molecule has 0 radical (unpaired) electrons. The van der Waals surface area contributed by atoms with Crippen molar-refractivity contribution >= 4 is 46.7 Å². The maximum atomic E-state index is 6.16. The lowest BCUT2D eigenvalue weighted by Crippen LogP contribution is -1.96. The van der Waals surface area contributed by atoms with Crippen molar-refractivity contribution in [3.05, 3.63) is 98.2 Å². The SMILES string of the molecule is Clc1ccc(COc2ccc(C=CCC=Cc3cccs3)cc2)c(Cl)c1. The van der Waals surface area contributed by atoms with Crippen LogP contribution in [-0.2, 0) is 6.61 Å². The van der Waals surface area contributed by atoms with E-state index in [2.05, 4.69) is 41.8 Å². The van der Waals surface area contributed by atoms with E-state index in [1.54, 1.807) is 17.4 Å². The maximum absolute atomic E-state index is 6.16. The quantitative estimate of drug-likeness (QED) is 0.393. The molecular weight excluding hydrogens is 383 g/mol. The highest BCUT2D eigenvalue weighted by Gasteiger charge is 2.02. The Hall–Kier alpha value is -2.00. The van der Waals surface area contributed by atoms with Crippen molar-refractivity contribution in [2.24, 2.45) is 0 Å². The molecule has 0 amide bonds. The van der Waals surface area contributed by atoms with Gasteiger partial charge < -0.3 is 4.74 Å². The molecule has 0 aliphatic carbocycles. The topological polar surface area (TPSA) is 9.23 Å². The Bertz CT molecular complexity index is 881. The van der Waals surface area contributed by atoms with Gasteiger partial charge in [0, 0.05) is 20.5 Å². The van der Waals surface area contributed by atoms with Gasteiger partial charge >= 0.3 is 0 Å². The first-order valence-electron chi connectivity index (χ1n) is 8.24. The minimum absolute atomic E-state index is 0.415. The lowest BCUT2D eigenvalue weighted by atomic mass is 10.2. The van der Waals surface area contributed by atoms with Gasteiger partial charge in [0.1, 0.15) is 12.4 Å². The number of allylic oxidation sites excluding steroid dienone is 2. The largest absolute Gasteiger partial charge is 0.489 e. The third kappa shape index (κ3) is 5.77. The standard InChI is InChI=1S/C22H18Cl2OS/c23-19-11-10-18(22(24)15-19)16-25-20-12-8-17(9-13-20)5-2-1-3-6-21-7-4-14-26-21/h2-15H,1,16H2. The molecule has 0 spiro atoms.